The molecule has 2 heterocycles. The van der Waals surface area contributed by atoms with Crippen LogP contribution in [0.25, 0.3) is 0 Å². The molecule has 2 saturated carbocycles. The second-order valence-corrected chi connectivity index (χ2v) is 12.2. The van der Waals surface area contributed by atoms with Gasteiger partial charge in [0.2, 0.25) is 0 Å². The number of ether oxygens (including phenoxy) is 4. The van der Waals surface area contributed by atoms with E-state index in [1.165, 1.54) is 0 Å². The van der Waals surface area contributed by atoms with Crippen molar-refractivity contribution in [3.63, 3.8) is 0 Å². The second kappa shape index (κ2) is 14.7. The van der Waals surface area contributed by atoms with Crippen LogP contribution in [0.4, 0.5) is 0 Å². The first kappa shape index (κ1) is 35.6. The first-order chi connectivity index (χ1) is 20.7. The Balaban J connectivity index is 1.54. The highest BCUT2D eigenvalue weighted by molar-refractivity contribution is 5.86. The summed E-state index contributed by atoms with van der Waals surface area (Å²) >= 11 is 0. The minimum atomic E-state index is -1.75. The van der Waals surface area contributed by atoms with E-state index in [-0.39, 0.29) is 45.0 Å². The monoisotopic (exact) mass is 640 g/mol. The third-order valence-corrected chi connectivity index (χ3v) is 8.86. The Morgan fingerprint density at radius 2 is 1.45 bits per heavy atom. The molecule has 256 valence electrons. The van der Waals surface area contributed by atoms with E-state index in [4.69, 9.17) is 47.0 Å². The molecule has 4 aliphatic rings. The highest BCUT2D eigenvalue weighted by atomic mass is 16.7. The Morgan fingerprint density at radius 3 is 2.07 bits per heavy atom. The van der Waals surface area contributed by atoms with E-state index in [9.17, 15) is 40.5 Å². The first-order valence-corrected chi connectivity index (χ1v) is 14.7. The van der Waals surface area contributed by atoms with E-state index in [1.54, 1.807) is 0 Å². The molecule has 2 aliphatic heterocycles. The number of aliphatic hydroxyl groups is 8. The lowest BCUT2D eigenvalue weighted by atomic mass is 9.75. The van der Waals surface area contributed by atoms with Crippen LogP contribution in [0.2, 0.25) is 0 Å². The fourth-order valence-corrected chi connectivity index (χ4v) is 6.14. The van der Waals surface area contributed by atoms with E-state index in [0.717, 1.165) is 0 Å². The quantitative estimate of drug-likeness (QED) is 0.0932. The summed E-state index contributed by atoms with van der Waals surface area (Å²) in [6.45, 7) is -0.643. The molecule has 18 N–H and O–H groups in total. The van der Waals surface area contributed by atoms with Crippen molar-refractivity contribution >= 4 is 5.91 Å². The van der Waals surface area contributed by atoms with Gasteiger partial charge in [0, 0.05) is 38.0 Å². The molecule has 19 heteroatoms. The van der Waals surface area contributed by atoms with Gasteiger partial charge in [0.15, 0.2) is 12.6 Å². The Morgan fingerprint density at radius 1 is 0.818 bits per heavy atom. The molecule has 0 spiro atoms. The van der Waals surface area contributed by atoms with Gasteiger partial charge in [0.25, 0.3) is 5.91 Å². The maximum Gasteiger partial charge on any atom is 0.252 e. The minimum Gasteiger partial charge on any atom is -0.395 e. The zero-order valence-corrected chi connectivity index (χ0v) is 24.1. The Bertz CT molecular complexity index is 950. The van der Waals surface area contributed by atoms with E-state index in [2.05, 4.69) is 10.6 Å². The van der Waals surface area contributed by atoms with Crippen LogP contribution in [0.5, 0.6) is 0 Å². The number of carbonyl (C=O) groups excluding carboxylic acids is 1. The number of hydrogen-bond donors (Lipinski definition) is 14. The number of nitrogens with two attached hydrogens (primary N) is 4. The molecular weight excluding hydrogens is 592 g/mol. The normalized spacial score (nSPS) is 49.7. The molecular formula is C25H48N6O13. The summed E-state index contributed by atoms with van der Waals surface area (Å²) in [6, 6.07) is -5.04. The van der Waals surface area contributed by atoms with Crippen molar-refractivity contribution in [3.05, 3.63) is 0 Å². The van der Waals surface area contributed by atoms with Gasteiger partial charge in [-0.25, -0.2) is 0 Å². The third-order valence-electron chi connectivity index (χ3n) is 8.86. The summed E-state index contributed by atoms with van der Waals surface area (Å²) in [4.78, 5) is 13.0. The lowest BCUT2D eigenvalue weighted by Crippen LogP contribution is -2.71. The topological polar surface area (TPSA) is 344 Å². The minimum absolute atomic E-state index is 0.00616. The lowest BCUT2D eigenvalue weighted by Gasteiger charge is -2.49. The summed E-state index contributed by atoms with van der Waals surface area (Å²) in [6.07, 6.45) is -15.7. The van der Waals surface area contributed by atoms with Gasteiger partial charge < -0.3 is 93.4 Å². The molecule has 19 nitrogen and oxygen atoms in total. The second-order valence-electron chi connectivity index (χ2n) is 12.2. The van der Waals surface area contributed by atoms with Crippen LogP contribution in [-0.4, -0.2) is 176 Å². The predicted molar refractivity (Wildman–Crippen MR) is 147 cm³/mol. The van der Waals surface area contributed by atoms with Gasteiger partial charge in [-0.05, 0) is 6.42 Å². The zero-order chi connectivity index (χ0) is 32.5. The fourth-order valence-electron chi connectivity index (χ4n) is 6.14. The highest BCUT2D eigenvalue weighted by Crippen LogP contribution is 2.34. The maximum atomic E-state index is 13.0. The summed E-state index contributed by atoms with van der Waals surface area (Å²) < 4.78 is 23.2. The average molecular weight is 641 g/mol. The molecule has 0 unspecified atom stereocenters. The molecule has 0 radical (unpaired) electrons. The number of amides is 1. The van der Waals surface area contributed by atoms with Crippen molar-refractivity contribution < 1.29 is 64.6 Å². The molecule has 0 aromatic heterocycles. The molecule has 0 bridgehead atoms. The van der Waals surface area contributed by atoms with E-state index in [1.807, 2.05) is 0 Å². The summed E-state index contributed by atoms with van der Waals surface area (Å²) in [5.74, 6) is -0.782. The third kappa shape index (κ3) is 7.34. The van der Waals surface area contributed by atoms with Crippen molar-refractivity contribution in [1.82, 2.24) is 10.6 Å². The van der Waals surface area contributed by atoms with Crippen molar-refractivity contribution in [2.24, 2.45) is 22.9 Å². The molecule has 4 fully saturated rings. The van der Waals surface area contributed by atoms with Crippen LogP contribution < -0.4 is 33.6 Å². The van der Waals surface area contributed by atoms with Gasteiger partial charge in [0.05, 0.1) is 31.3 Å². The largest absolute Gasteiger partial charge is 0.395 e. The predicted octanol–water partition coefficient (Wildman–Crippen LogP) is -8.69. The van der Waals surface area contributed by atoms with Crippen LogP contribution in [0.1, 0.15) is 19.3 Å². The van der Waals surface area contributed by atoms with E-state index >= 15 is 0 Å². The molecule has 44 heavy (non-hydrogen) atoms. The lowest BCUT2D eigenvalue weighted by molar-refractivity contribution is -0.320. The van der Waals surface area contributed by atoms with Gasteiger partial charge in [-0.3, -0.25) is 4.79 Å². The molecule has 0 aromatic carbocycles. The van der Waals surface area contributed by atoms with Gasteiger partial charge in [-0.2, -0.15) is 0 Å². The number of nitrogens with one attached hydrogen (secondary N) is 2. The van der Waals surface area contributed by atoms with Gasteiger partial charge in [0.1, 0.15) is 60.5 Å². The van der Waals surface area contributed by atoms with Crippen LogP contribution in [0.3, 0.4) is 0 Å². The number of carbonyl (C=O) groups is 1. The van der Waals surface area contributed by atoms with Gasteiger partial charge >= 0.3 is 0 Å². The van der Waals surface area contributed by atoms with Crippen molar-refractivity contribution in [1.29, 1.82) is 0 Å². The molecule has 1 amide bonds. The Hall–Kier alpha value is -1.21. The van der Waals surface area contributed by atoms with Gasteiger partial charge in [-0.1, -0.05) is 0 Å². The maximum absolute atomic E-state index is 13.0. The molecule has 2 aliphatic carbocycles. The number of aliphatic hydroxyl groups excluding tert-OH is 7. The van der Waals surface area contributed by atoms with Gasteiger partial charge in [-0.15, -0.1) is 0 Å². The summed E-state index contributed by atoms with van der Waals surface area (Å²) in [5.41, 5.74) is 22.4. The molecule has 4 rings (SSSR count). The smallest absolute Gasteiger partial charge is 0.252 e. The van der Waals surface area contributed by atoms with Crippen molar-refractivity contribution in [3.8, 4) is 0 Å². The van der Waals surface area contributed by atoms with E-state index in [0.29, 0.717) is 0 Å². The average Bonchev–Trinajstić information content (AvgIpc) is 2.97. The Labute approximate surface area is 253 Å². The van der Waals surface area contributed by atoms with Crippen molar-refractivity contribution in [2.75, 3.05) is 26.3 Å². The van der Waals surface area contributed by atoms with Crippen LogP contribution in [-0.2, 0) is 23.7 Å². The summed E-state index contributed by atoms with van der Waals surface area (Å²) in [5, 5.41) is 88.3. The molecule has 0 aromatic rings. The molecule has 2 saturated heterocycles. The summed E-state index contributed by atoms with van der Waals surface area (Å²) in [7, 11) is 0. The molecule has 15 atom stereocenters. The Kier molecular flexibility index (Phi) is 11.9. The first-order valence-electron chi connectivity index (χ1n) is 14.7. The van der Waals surface area contributed by atoms with Crippen LogP contribution in [0.15, 0.2) is 0 Å². The van der Waals surface area contributed by atoms with E-state index < -0.39 is 110 Å². The highest BCUT2D eigenvalue weighted by Gasteiger charge is 2.54. The number of hydrogen-bond acceptors (Lipinski definition) is 18. The fraction of sp³-hybridized carbons (Fsp3) is 0.960. The number of rotatable bonds is 11. The SMILES string of the molecule is NC1CC(O)(C(=O)N[C@@H]2C[C@H](N)[C@@H](O[C@H]3O[C@H](CNCCO)[C@@H](O)[C@H](O)[C@H]3N)[C@H](O)[C@H]2O[C@H]2O[C@H](CO)[C@@H](O)[C@H](N)[C@H]2O)C1. The standard InChI is InChI=1S/C25H48N6O13/c26-8-4-25(40,5-8)24(39)31-10-3-9(27)20(43-22-14(29)17(36)16(35)11(41-22)6-30-1-2-32)19(38)21(10)44-23-18(37)13(28)15(34)12(7-33)42-23/h8-23,30,32-38,40H,1-7,26-29H2,(H,31,39)/t8?,9-,10+,11+,12+,13-,14+,15+,16+,17+,18+,19-,20+,21-,22+,23+,25?/m0/s1. The zero-order valence-electron chi connectivity index (χ0n) is 24.1. The van der Waals surface area contributed by atoms with Crippen LogP contribution >= 0.6 is 0 Å². The van der Waals surface area contributed by atoms with Crippen molar-refractivity contribution in [2.45, 2.75) is 123 Å². The van der Waals surface area contributed by atoms with Crippen LogP contribution in [0, 0.1) is 0 Å².